The van der Waals surface area contributed by atoms with Gasteiger partial charge in [-0.25, -0.2) is 9.50 Å². The molecule has 0 unspecified atom stereocenters. The summed E-state index contributed by atoms with van der Waals surface area (Å²) in [6.45, 7) is 3.89. The van der Waals surface area contributed by atoms with Crippen molar-refractivity contribution in [1.29, 1.82) is 0 Å². The third kappa shape index (κ3) is 3.53. The Morgan fingerprint density at radius 2 is 2.00 bits per heavy atom. The monoisotopic (exact) mass is 375 g/mol. The average Bonchev–Trinajstić information content (AvgIpc) is 3.05. The molecule has 2 fully saturated rings. The van der Waals surface area contributed by atoms with Crippen molar-refractivity contribution in [2.45, 2.75) is 44.7 Å². The second-order valence-corrected chi connectivity index (χ2v) is 8.46. The van der Waals surface area contributed by atoms with E-state index >= 15 is 0 Å². The standard InChI is InChI=1S/C18H25N5O2S/c1-12-10-16-19-11-15(18(25)23(16)21-12)17(24)20-13-2-6-22(7-3-13)14-4-8-26-9-5-14/h10-11,13-14,21H,2-9H2,1H3,(H,20,24). The van der Waals surface area contributed by atoms with Crippen LogP contribution in [0.5, 0.6) is 0 Å². The van der Waals surface area contributed by atoms with Crippen molar-refractivity contribution >= 4 is 23.3 Å². The summed E-state index contributed by atoms with van der Waals surface area (Å²) >= 11 is 2.05. The Morgan fingerprint density at radius 1 is 1.27 bits per heavy atom. The van der Waals surface area contributed by atoms with Crippen molar-refractivity contribution in [3.8, 4) is 0 Å². The summed E-state index contributed by atoms with van der Waals surface area (Å²) in [7, 11) is 0. The second kappa shape index (κ2) is 7.44. The molecule has 2 saturated heterocycles. The molecule has 2 aliphatic heterocycles. The van der Waals surface area contributed by atoms with Gasteiger partial charge in [0.1, 0.15) is 5.56 Å². The van der Waals surface area contributed by atoms with Gasteiger partial charge >= 0.3 is 0 Å². The summed E-state index contributed by atoms with van der Waals surface area (Å²) in [5.74, 6) is 2.20. The van der Waals surface area contributed by atoms with Crippen LogP contribution in [0.15, 0.2) is 17.1 Å². The summed E-state index contributed by atoms with van der Waals surface area (Å²) in [5, 5.41) is 5.96. The van der Waals surface area contributed by atoms with Crippen LogP contribution in [-0.4, -0.2) is 62.1 Å². The van der Waals surface area contributed by atoms with Crippen LogP contribution < -0.4 is 10.9 Å². The van der Waals surface area contributed by atoms with E-state index < -0.39 is 0 Å². The summed E-state index contributed by atoms with van der Waals surface area (Å²) in [4.78, 5) is 31.9. The first-order chi connectivity index (χ1) is 12.6. The lowest BCUT2D eigenvalue weighted by molar-refractivity contribution is 0.0884. The third-order valence-corrected chi connectivity index (χ3v) is 6.49. The highest BCUT2D eigenvalue weighted by Gasteiger charge is 2.27. The topological polar surface area (TPSA) is 82.5 Å². The van der Waals surface area contributed by atoms with E-state index in [1.54, 1.807) is 6.07 Å². The number of aryl methyl sites for hydroxylation is 1. The molecule has 0 aromatic carbocycles. The molecule has 0 saturated carbocycles. The SMILES string of the molecule is Cc1cc2ncc(C(=O)NC3CCN(C4CCSCC4)CC3)c(=O)n2[nH]1. The molecule has 2 N–H and O–H groups in total. The van der Waals surface area contributed by atoms with E-state index in [-0.39, 0.29) is 23.1 Å². The van der Waals surface area contributed by atoms with Gasteiger partial charge in [0.15, 0.2) is 5.65 Å². The van der Waals surface area contributed by atoms with E-state index in [2.05, 4.69) is 20.3 Å². The fourth-order valence-corrected chi connectivity index (χ4v) is 5.04. The summed E-state index contributed by atoms with van der Waals surface area (Å²) in [6.07, 6.45) is 5.82. The fourth-order valence-electron chi connectivity index (χ4n) is 3.96. The first-order valence-corrected chi connectivity index (χ1v) is 10.5. The molecule has 2 aliphatic rings. The number of aromatic amines is 1. The van der Waals surface area contributed by atoms with Crippen molar-refractivity contribution in [2.75, 3.05) is 24.6 Å². The number of piperidine rings is 1. The maximum Gasteiger partial charge on any atom is 0.285 e. The molecule has 0 atom stereocenters. The minimum Gasteiger partial charge on any atom is -0.349 e. The van der Waals surface area contributed by atoms with Crippen LogP contribution >= 0.6 is 11.8 Å². The van der Waals surface area contributed by atoms with Gasteiger partial charge in [0.2, 0.25) is 0 Å². The van der Waals surface area contributed by atoms with Crippen LogP contribution in [0.3, 0.4) is 0 Å². The predicted molar refractivity (Wildman–Crippen MR) is 103 cm³/mol. The molecule has 140 valence electrons. The molecule has 0 bridgehead atoms. The molecule has 4 heterocycles. The van der Waals surface area contributed by atoms with Crippen LogP contribution in [0.1, 0.15) is 41.7 Å². The highest BCUT2D eigenvalue weighted by molar-refractivity contribution is 7.99. The van der Waals surface area contributed by atoms with Gasteiger partial charge in [0.05, 0.1) is 0 Å². The minimum atomic E-state index is -0.349. The first kappa shape index (κ1) is 17.6. The number of amides is 1. The Kier molecular flexibility index (Phi) is 5.04. The molecule has 1 amide bonds. The summed E-state index contributed by atoms with van der Waals surface area (Å²) in [5.41, 5.74) is 1.11. The molecule has 26 heavy (non-hydrogen) atoms. The molecule has 0 radical (unpaired) electrons. The Hall–Kier alpha value is -1.80. The Bertz CT molecular complexity index is 847. The fraction of sp³-hybridized carbons (Fsp3) is 0.611. The number of H-pyrrole nitrogens is 1. The van der Waals surface area contributed by atoms with Crippen LogP contribution in [0.2, 0.25) is 0 Å². The average molecular weight is 375 g/mol. The number of nitrogens with one attached hydrogen (secondary N) is 2. The highest BCUT2D eigenvalue weighted by atomic mass is 32.2. The van der Waals surface area contributed by atoms with Crippen LogP contribution in [0.25, 0.3) is 5.65 Å². The maximum absolute atomic E-state index is 12.6. The Labute approximate surface area is 156 Å². The number of carbonyl (C=O) groups is 1. The van der Waals surface area contributed by atoms with E-state index in [9.17, 15) is 9.59 Å². The summed E-state index contributed by atoms with van der Waals surface area (Å²) in [6, 6.07) is 2.62. The number of thioether (sulfide) groups is 1. The van der Waals surface area contributed by atoms with Gasteiger partial charge in [0.25, 0.3) is 11.5 Å². The smallest absolute Gasteiger partial charge is 0.285 e. The van der Waals surface area contributed by atoms with Crippen LogP contribution in [0, 0.1) is 6.92 Å². The molecule has 0 spiro atoms. The van der Waals surface area contributed by atoms with Crippen LogP contribution in [-0.2, 0) is 0 Å². The van der Waals surface area contributed by atoms with Crippen molar-refractivity contribution in [1.82, 2.24) is 24.8 Å². The van der Waals surface area contributed by atoms with Crippen molar-refractivity contribution in [3.05, 3.63) is 33.9 Å². The molecule has 8 heteroatoms. The number of nitrogens with zero attached hydrogens (tertiary/aromatic N) is 3. The van der Waals surface area contributed by atoms with E-state index in [4.69, 9.17) is 0 Å². The van der Waals surface area contributed by atoms with Gasteiger partial charge in [-0.3, -0.25) is 14.7 Å². The molecule has 2 aromatic rings. The van der Waals surface area contributed by atoms with Crippen molar-refractivity contribution < 1.29 is 4.79 Å². The lowest BCUT2D eigenvalue weighted by atomic mass is 10.0. The van der Waals surface area contributed by atoms with Gasteiger partial charge in [-0.05, 0) is 44.1 Å². The van der Waals surface area contributed by atoms with Gasteiger partial charge in [-0.1, -0.05) is 0 Å². The third-order valence-electron chi connectivity index (χ3n) is 5.44. The minimum absolute atomic E-state index is 0.0936. The van der Waals surface area contributed by atoms with Crippen LogP contribution in [0.4, 0.5) is 0 Å². The Morgan fingerprint density at radius 3 is 2.73 bits per heavy atom. The lowest BCUT2D eigenvalue weighted by Gasteiger charge is -2.39. The number of likely N-dealkylation sites (tertiary alicyclic amines) is 1. The molecule has 4 rings (SSSR count). The van der Waals surface area contributed by atoms with E-state index in [0.717, 1.165) is 31.6 Å². The zero-order chi connectivity index (χ0) is 18.1. The molecule has 7 nitrogen and oxygen atoms in total. The maximum atomic E-state index is 12.6. The number of carbonyl (C=O) groups excluding carboxylic acids is 1. The molecule has 2 aromatic heterocycles. The van der Waals surface area contributed by atoms with Gasteiger partial charge in [-0.2, -0.15) is 11.8 Å². The predicted octanol–water partition coefficient (Wildman–Crippen LogP) is 1.42. The number of rotatable bonds is 3. The highest BCUT2D eigenvalue weighted by Crippen LogP contribution is 2.24. The molecule has 0 aliphatic carbocycles. The first-order valence-electron chi connectivity index (χ1n) is 9.32. The van der Waals surface area contributed by atoms with Crippen molar-refractivity contribution in [2.24, 2.45) is 0 Å². The number of hydrogen-bond acceptors (Lipinski definition) is 5. The lowest BCUT2D eigenvalue weighted by Crippen LogP contribution is -2.49. The van der Waals surface area contributed by atoms with E-state index in [1.807, 2.05) is 18.7 Å². The molecular formula is C18H25N5O2S. The second-order valence-electron chi connectivity index (χ2n) is 7.24. The van der Waals surface area contributed by atoms with Gasteiger partial charge in [-0.15, -0.1) is 0 Å². The van der Waals surface area contributed by atoms with E-state index in [0.29, 0.717) is 11.7 Å². The van der Waals surface area contributed by atoms with E-state index in [1.165, 1.54) is 35.1 Å². The number of aromatic nitrogens is 3. The quantitative estimate of drug-likeness (QED) is 0.848. The Balaban J connectivity index is 1.38. The molecular weight excluding hydrogens is 350 g/mol. The zero-order valence-corrected chi connectivity index (χ0v) is 15.8. The normalized spacial score (nSPS) is 20.5. The zero-order valence-electron chi connectivity index (χ0n) is 15.0. The number of fused-ring (bicyclic) bond motifs is 1. The van der Waals surface area contributed by atoms with Crippen molar-refractivity contribution in [3.63, 3.8) is 0 Å². The van der Waals surface area contributed by atoms with Gasteiger partial charge in [0, 0.05) is 43.1 Å². The van der Waals surface area contributed by atoms with Gasteiger partial charge < -0.3 is 10.2 Å². The summed E-state index contributed by atoms with van der Waals surface area (Å²) < 4.78 is 1.33. The largest absolute Gasteiger partial charge is 0.349 e. The number of hydrogen-bond donors (Lipinski definition) is 2.